The Balaban J connectivity index is 1.68. The summed E-state index contributed by atoms with van der Waals surface area (Å²) in [6.45, 7) is 2.78. The molecule has 1 N–H and O–H groups in total. The molecule has 0 spiro atoms. The molecule has 0 saturated carbocycles. The van der Waals surface area contributed by atoms with Crippen LogP contribution in [-0.2, 0) is 4.79 Å². The maximum atomic E-state index is 14.4. The third kappa shape index (κ3) is 3.86. The molecule has 3 aromatic rings. The minimum Gasteiger partial charge on any atom is -0.336 e. The lowest BCUT2D eigenvalue weighted by atomic mass is 10.2. The van der Waals surface area contributed by atoms with Gasteiger partial charge in [-0.1, -0.05) is 41.6 Å². The van der Waals surface area contributed by atoms with Crippen molar-refractivity contribution < 1.29 is 14.0 Å². The maximum absolute atomic E-state index is 14.4. The first kappa shape index (κ1) is 19.1. The van der Waals surface area contributed by atoms with Gasteiger partial charge in [-0.2, -0.15) is 0 Å². The van der Waals surface area contributed by atoms with Crippen molar-refractivity contribution in [1.29, 1.82) is 0 Å². The van der Waals surface area contributed by atoms with Gasteiger partial charge < -0.3 is 5.32 Å². The van der Waals surface area contributed by atoms with E-state index < -0.39 is 5.82 Å². The highest BCUT2D eigenvalue weighted by molar-refractivity contribution is 7.99. The van der Waals surface area contributed by atoms with Gasteiger partial charge in [0.2, 0.25) is 5.91 Å². The van der Waals surface area contributed by atoms with Crippen molar-refractivity contribution in [1.82, 2.24) is 25.0 Å². The summed E-state index contributed by atoms with van der Waals surface area (Å²) in [6, 6.07) is 13.6. The summed E-state index contributed by atoms with van der Waals surface area (Å²) in [6.07, 6.45) is 0. The highest BCUT2D eigenvalue weighted by Gasteiger charge is 2.27. The van der Waals surface area contributed by atoms with Crippen molar-refractivity contribution in [3.63, 3.8) is 0 Å². The normalized spacial score (nSPS) is 13.6. The summed E-state index contributed by atoms with van der Waals surface area (Å²) >= 11 is 1.16. The number of rotatable bonds is 5. The molecule has 2 aromatic carbocycles. The van der Waals surface area contributed by atoms with E-state index in [9.17, 15) is 14.0 Å². The fraction of sp³-hybridized carbons (Fsp3) is 0.200. The zero-order chi connectivity index (χ0) is 20.4. The van der Waals surface area contributed by atoms with Crippen LogP contribution in [0.15, 0.2) is 53.7 Å². The lowest BCUT2D eigenvalue weighted by Crippen LogP contribution is -2.35. The lowest BCUT2D eigenvalue weighted by Gasteiger charge is -2.13. The van der Waals surface area contributed by atoms with Crippen molar-refractivity contribution in [2.75, 3.05) is 18.8 Å². The van der Waals surface area contributed by atoms with Gasteiger partial charge in [0, 0.05) is 18.8 Å². The number of benzene rings is 2. The Hall–Kier alpha value is -3.20. The first-order valence-electron chi connectivity index (χ1n) is 9.03. The number of hydrogen-bond donors (Lipinski definition) is 1. The SMILES string of the molecule is Cc1ccc(-n2c(SCC(=O)N3CCNC3=O)nnc2-c2ccccc2F)cc1. The molecule has 3 amide bonds. The van der Waals surface area contributed by atoms with E-state index in [1.165, 1.54) is 11.0 Å². The topological polar surface area (TPSA) is 80.1 Å². The molecule has 29 heavy (non-hydrogen) atoms. The van der Waals surface area contributed by atoms with Gasteiger partial charge in [-0.25, -0.2) is 9.18 Å². The van der Waals surface area contributed by atoms with E-state index in [1.807, 2.05) is 31.2 Å². The van der Waals surface area contributed by atoms with Gasteiger partial charge in [-0.05, 0) is 31.2 Å². The van der Waals surface area contributed by atoms with Crippen LogP contribution in [0.5, 0.6) is 0 Å². The number of halogens is 1. The first-order valence-corrected chi connectivity index (χ1v) is 10.0. The summed E-state index contributed by atoms with van der Waals surface area (Å²) in [7, 11) is 0. The van der Waals surface area contributed by atoms with Crippen LogP contribution in [0.1, 0.15) is 5.56 Å². The molecule has 7 nitrogen and oxygen atoms in total. The van der Waals surface area contributed by atoms with Crippen LogP contribution in [0.4, 0.5) is 9.18 Å². The molecule has 148 valence electrons. The number of carbonyl (C=O) groups is 2. The van der Waals surface area contributed by atoms with Gasteiger partial charge in [0.25, 0.3) is 0 Å². The smallest absolute Gasteiger partial charge is 0.324 e. The van der Waals surface area contributed by atoms with Crippen molar-refractivity contribution in [3.05, 3.63) is 59.9 Å². The maximum Gasteiger partial charge on any atom is 0.324 e. The highest BCUT2D eigenvalue weighted by Crippen LogP contribution is 2.29. The number of aryl methyl sites for hydroxylation is 1. The summed E-state index contributed by atoms with van der Waals surface area (Å²) in [5, 5.41) is 11.4. The predicted molar refractivity (Wildman–Crippen MR) is 107 cm³/mol. The summed E-state index contributed by atoms with van der Waals surface area (Å²) in [5.74, 6) is -0.347. The molecule has 0 radical (unpaired) electrons. The summed E-state index contributed by atoms with van der Waals surface area (Å²) in [5.41, 5.74) is 2.16. The second-order valence-electron chi connectivity index (χ2n) is 6.52. The quantitative estimate of drug-likeness (QED) is 0.653. The molecule has 1 aliphatic heterocycles. The zero-order valence-corrected chi connectivity index (χ0v) is 16.4. The van der Waals surface area contributed by atoms with Crippen molar-refractivity contribution in [2.24, 2.45) is 0 Å². The molecule has 4 rings (SSSR count). The van der Waals surface area contributed by atoms with E-state index >= 15 is 0 Å². The largest absolute Gasteiger partial charge is 0.336 e. The molecule has 1 saturated heterocycles. The van der Waals surface area contributed by atoms with Gasteiger partial charge in [0.1, 0.15) is 5.82 Å². The molecule has 9 heteroatoms. The average molecular weight is 411 g/mol. The molecule has 1 aromatic heterocycles. The zero-order valence-electron chi connectivity index (χ0n) is 15.6. The number of amides is 3. The van der Waals surface area contributed by atoms with E-state index in [4.69, 9.17) is 0 Å². The van der Waals surface area contributed by atoms with Crippen molar-refractivity contribution >= 4 is 23.7 Å². The molecule has 0 unspecified atom stereocenters. The molecule has 0 bridgehead atoms. The van der Waals surface area contributed by atoms with Crippen LogP contribution < -0.4 is 5.32 Å². The Bertz CT molecular complexity index is 1070. The predicted octanol–water partition coefficient (Wildman–Crippen LogP) is 3.03. The summed E-state index contributed by atoms with van der Waals surface area (Å²) < 4.78 is 16.1. The number of hydrogen-bond acceptors (Lipinski definition) is 5. The highest BCUT2D eigenvalue weighted by atomic mass is 32.2. The Labute approximate surface area is 170 Å². The minimum atomic E-state index is -0.408. The first-order chi connectivity index (χ1) is 14.0. The third-order valence-electron chi connectivity index (χ3n) is 4.52. The van der Waals surface area contributed by atoms with Crippen molar-refractivity contribution in [2.45, 2.75) is 12.1 Å². The van der Waals surface area contributed by atoms with E-state index in [0.29, 0.717) is 29.6 Å². The number of thioether (sulfide) groups is 1. The Kier molecular flexibility index (Phi) is 5.30. The average Bonchev–Trinajstić information content (AvgIpc) is 3.33. The minimum absolute atomic E-state index is 0.0225. The van der Waals surface area contributed by atoms with Gasteiger partial charge in [-0.3, -0.25) is 14.3 Å². The molecule has 0 atom stereocenters. The number of nitrogens with zero attached hydrogens (tertiary/aromatic N) is 4. The number of carbonyl (C=O) groups excluding carboxylic acids is 2. The molecule has 1 fully saturated rings. The number of urea groups is 1. The van der Waals surface area contributed by atoms with Crippen LogP contribution in [0.3, 0.4) is 0 Å². The Morgan fingerprint density at radius 3 is 2.62 bits per heavy atom. The number of nitrogens with one attached hydrogen (secondary N) is 1. The Morgan fingerprint density at radius 1 is 1.17 bits per heavy atom. The van der Waals surface area contributed by atoms with Crippen LogP contribution >= 0.6 is 11.8 Å². The van der Waals surface area contributed by atoms with Gasteiger partial charge in [0.05, 0.1) is 11.3 Å². The van der Waals surface area contributed by atoms with Crippen LogP contribution in [0, 0.1) is 12.7 Å². The van der Waals surface area contributed by atoms with E-state index in [0.717, 1.165) is 23.0 Å². The third-order valence-corrected chi connectivity index (χ3v) is 5.44. The standard InChI is InChI=1S/C20H18FN5O2S/c1-13-6-8-14(9-7-13)26-18(15-4-2-3-5-16(15)21)23-24-20(26)29-12-17(27)25-11-10-22-19(25)28/h2-9H,10-12H2,1H3,(H,22,28). The fourth-order valence-corrected chi connectivity index (χ4v) is 3.85. The molecular formula is C20H18FN5O2S. The van der Waals surface area contributed by atoms with Gasteiger partial charge in [0.15, 0.2) is 11.0 Å². The van der Waals surface area contributed by atoms with E-state index in [2.05, 4.69) is 15.5 Å². The monoisotopic (exact) mass is 411 g/mol. The molecule has 0 aliphatic carbocycles. The summed E-state index contributed by atoms with van der Waals surface area (Å²) in [4.78, 5) is 25.2. The lowest BCUT2D eigenvalue weighted by molar-refractivity contribution is -0.124. The second-order valence-corrected chi connectivity index (χ2v) is 7.47. The van der Waals surface area contributed by atoms with E-state index in [-0.39, 0.29) is 17.7 Å². The number of aromatic nitrogens is 3. The molecule has 1 aliphatic rings. The van der Waals surface area contributed by atoms with Crippen LogP contribution in [-0.4, -0.2) is 50.4 Å². The Morgan fingerprint density at radius 2 is 1.93 bits per heavy atom. The van der Waals surface area contributed by atoms with Crippen LogP contribution in [0.25, 0.3) is 17.1 Å². The van der Waals surface area contributed by atoms with Gasteiger partial charge in [-0.15, -0.1) is 10.2 Å². The van der Waals surface area contributed by atoms with Crippen LogP contribution in [0.2, 0.25) is 0 Å². The van der Waals surface area contributed by atoms with E-state index in [1.54, 1.807) is 22.8 Å². The fourth-order valence-electron chi connectivity index (χ4n) is 3.02. The second kappa shape index (κ2) is 8.04. The molecular weight excluding hydrogens is 393 g/mol. The van der Waals surface area contributed by atoms with Crippen molar-refractivity contribution in [3.8, 4) is 17.1 Å². The van der Waals surface area contributed by atoms with Gasteiger partial charge >= 0.3 is 6.03 Å². The molecule has 2 heterocycles. The number of imide groups is 1.